The molecule has 1 unspecified atom stereocenters. The molecule has 3 heterocycles. The first-order valence-corrected chi connectivity index (χ1v) is 7.95. The van der Waals surface area contributed by atoms with E-state index in [4.69, 9.17) is 14.3 Å². The van der Waals surface area contributed by atoms with Gasteiger partial charge in [0.05, 0.1) is 30.5 Å². The number of imidazole rings is 1. The van der Waals surface area contributed by atoms with Crippen LogP contribution in [0.3, 0.4) is 0 Å². The molecular weight excluding hydrogens is 371 g/mol. The van der Waals surface area contributed by atoms with Crippen LogP contribution < -0.4 is 0 Å². The second kappa shape index (κ2) is 8.25. The first-order valence-electron chi connectivity index (χ1n) is 7.95. The van der Waals surface area contributed by atoms with Crippen molar-refractivity contribution in [1.82, 2.24) is 14.5 Å². The Bertz CT molecular complexity index is 786. The number of carboxylic acid groups (broad SMARTS) is 2. The predicted octanol–water partition coefficient (Wildman–Crippen LogP) is 2.31. The molecule has 1 atom stereocenters. The summed E-state index contributed by atoms with van der Waals surface area (Å²) in [4.78, 5) is 26.9. The topological polar surface area (TPSA) is 109 Å². The van der Waals surface area contributed by atoms with Gasteiger partial charge in [-0.25, -0.2) is 9.78 Å². The number of fused-ring (bicyclic) bond motifs is 1. The lowest BCUT2D eigenvalue weighted by molar-refractivity contribution is -0.192. The summed E-state index contributed by atoms with van der Waals surface area (Å²) in [6, 6.07) is 3.74. The van der Waals surface area contributed by atoms with Crippen LogP contribution in [0.15, 0.2) is 29.1 Å². The second-order valence-corrected chi connectivity index (χ2v) is 5.81. The molecule has 11 heteroatoms. The van der Waals surface area contributed by atoms with Crippen molar-refractivity contribution in [2.75, 3.05) is 6.54 Å². The summed E-state index contributed by atoms with van der Waals surface area (Å²) >= 11 is 0. The zero-order valence-corrected chi connectivity index (χ0v) is 14.3. The summed E-state index contributed by atoms with van der Waals surface area (Å²) in [5, 5.41) is 16.6. The van der Waals surface area contributed by atoms with Crippen LogP contribution in [0.4, 0.5) is 13.2 Å². The standard InChI is InChI=1S/C14H17N3O3.C2HF3O2/c1-2-17-9-15-12-8-16(6-10-4-3-5-20-10)7-11(13(12)17)14(18)19;3-2(4,5)1(6)7/h3-5,9,11H,2,6-8H2,1H3,(H,18,19);(H,6,7). The Labute approximate surface area is 151 Å². The third-order valence-electron chi connectivity index (χ3n) is 3.94. The molecule has 0 amide bonds. The number of alkyl halides is 3. The Hall–Kier alpha value is -2.82. The van der Waals surface area contributed by atoms with Crippen molar-refractivity contribution in [3.8, 4) is 0 Å². The molecule has 0 radical (unpaired) electrons. The number of furan rings is 1. The van der Waals surface area contributed by atoms with Crippen LogP contribution in [-0.2, 0) is 29.2 Å². The van der Waals surface area contributed by atoms with Gasteiger partial charge >= 0.3 is 18.1 Å². The van der Waals surface area contributed by atoms with Crippen molar-refractivity contribution in [1.29, 1.82) is 0 Å². The van der Waals surface area contributed by atoms with Crippen LogP contribution >= 0.6 is 0 Å². The third kappa shape index (κ3) is 5.09. The average Bonchev–Trinajstić information content (AvgIpc) is 3.22. The number of aliphatic carboxylic acids is 2. The van der Waals surface area contributed by atoms with E-state index in [0.717, 1.165) is 23.7 Å². The first kappa shape index (κ1) is 20.5. The van der Waals surface area contributed by atoms with Gasteiger partial charge in [0.15, 0.2) is 0 Å². The molecule has 0 saturated carbocycles. The maximum atomic E-state index is 11.5. The van der Waals surface area contributed by atoms with E-state index in [1.807, 2.05) is 23.6 Å². The van der Waals surface area contributed by atoms with Crippen molar-refractivity contribution in [3.63, 3.8) is 0 Å². The van der Waals surface area contributed by atoms with E-state index in [1.54, 1.807) is 12.6 Å². The van der Waals surface area contributed by atoms with Crippen LogP contribution in [0.25, 0.3) is 0 Å². The second-order valence-electron chi connectivity index (χ2n) is 5.81. The molecule has 0 aliphatic carbocycles. The zero-order chi connectivity index (χ0) is 20.2. The van der Waals surface area contributed by atoms with Gasteiger partial charge in [-0.1, -0.05) is 0 Å². The lowest BCUT2D eigenvalue weighted by Crippen LogP contribution is -2.37. The van der Waals surface area contributed by atoms with Crippen molar-refractivity contribution in [2.24, 2.45) is 0 Å². The van der Waals surface area contributed by atoms with E-state index in [-0.39, 0.29) is 0 Å². The highest BCUT2D eigenvalue weighted by Crippen LogP contribution is 2.29. The van der Waals surface area contributed by atoms with E-state index in [0.29, 0.717) is 19.6 Å². The maximum Gasteiger partial charge on any atom is 0.490 e. The minimum atomic E-state index is -5.08. The number of halogens is 3. The number of nitrogens with zero attached hydrogens (tertiary/aromatic N) is 3. The maximum absolute atomic E-state index is 11.5. The molecule has 2 aromatic heterocycles. The largest absolute Gasteiger partial charge is 0.490 e. The van der Waals surface area contributed by atoms with Gasteiger partial charge in [0.25, 0.3) is 0 Å². The van der Waals surface area contributed by atoms with Gasteiger partial charge in [0.1, 0.15) is 11.7 Å². The van der Waals surface area contributed by atoms with Crippen molar-refractivity contribution >= 4 is 11.9 Å². The minimum absolute atomic E-state index is 0.481. The minimum Gasteiger partial charge on any atom is -0.481 e. The van der Waals surface area contributed by atoms with E-state index in [1.165, 1.54) is 0 Å². The Kier molecular flexibility index (Phi) is 6.26. The summed E-state index contributed by atoms with van der Waals surface area (Å²) in [5.41, 5.74) is 1.70. The van der Waals surface area contributed by atoms with Crippen LogP contribution in [-0.4, -0.2) is 49.3 Å². The number of hydrogen-bond acceptors (Lipinski definition) is 5. The zero-order valence-electron chi connectivity index (χ0n) is 14.3. The van der Waals surface area contributed by atoms with Gasteiger partial charge in [0, 0.05) is 19.6 Å². The molecule has 8 nitrogen and oxygen atoms in total. The number of hydrogen-bond donors (Lipinski definition) is 2. The monoisotopic (exact) mass is 389 g/mol. The van der Waals surface area contributed by atoms with E-state index >= 15 is 0 Å². The van der Waals surface area contributed by atoms with Crippen molar-refractivity contribution in [2.45, 2.75) is 38.7 Å². The van der Waals surface area contributed by atoms with Crippen molar-refractivity contribution in [3.05, 3.63) is 41.9 Å². The average molecular weight is 389 g/mol. The predicted molar refractivity (Wildman–Crippen MR) is 84.8 cm³/mol. The van der Waals surface area contributed by atoms with Crippen molar-refractivity contribution < 1.29 is 37.4 Å². The number of carboxylic acids is 2. The Morgan fingerprint density at radius 2 is 2.04 bits per heavy atom. The smallest absolute Gasteiger partial charge is 0.481 e. The Balaban J connectivity index is 0.000000321. The normalized spacial score (nSPS) is 17.0. The molecule has 3 rings (SSSR count). The van der Waals surface area contributed by atoms with Crippen LogP contribution in [0.5, 0.6) is 0 Å². The van der Waals surface area contributed by atoms with Crippen LogP contribution in [0, 0.1) is 0 Å². The van der Waals surface area contributed by atoms with Gasteiger partial charge in [-0.3, -0.25) is 9.69 Å². The summed E-state index contributed by atoms with van der Waals surface area (Å²) < 4.78 is 39.0. The molecular formula is C16H18F3N3O5. The SMILES string of the molecule is CCn1cnc2c1C(C(=O)O)CN(Cc1ccco1)C2.O=C(O)C(F)(F)F. The van der Waals surface area contributed by atoms with Gasteiger partial charge in [-0.2, -0.15) is 13.2 Å². The molecule has 27 heavy (non-hydrogen) atoms. The fourth-order valence-electron chi connectivity index (χ4n) is 2.77. The molecule has 1 aliphatic rings. The Morgan fingerprint density at radius 3 is 2.52 bits per heavy atom. The van der Waals surface area contributed by atoms with Gasteiger partial charge in [-0.15, -0.1) is 0 Å². The lowest BCUT2D eigenvalue weighted by Gasteiger charge is -2.30. The first-order chi connectivity index (χ1) is 12.6. The molecule has 0 spiro atoms. The van der Waals surface area contributed by atoms with Crippen LogP contribution in [0.1, 0.15) is 30.0 Å². The van der Waals surface area contributed by atoms with E-state index in [2.05, 4.69) is 9.88 Å². The number of aryl methyl sites for hydroxylation is 1. The fraction of sp³-hybridized carbons (Fsp3) is 0.438. The highest BCUT2D eigenvalue weighted by Gasteiger charge is 2.38. The molecule has 1 aliphatic heterocycles. The Morgan fingerprint density at radius 1 is 1.37 bits per heavy atom. The van der Waals surface area contributed by atoms with Gasteiger partial charge in [0.2, 0.25) is 0 Å². The summed E-state index contributed by atoms with van der Waals surface area (Å²) in [7, 11) is 0. The summed E-state index contributed by atoms with van der Waals surface area (Å²) in [6.07, 6.45) is -1.72. The number of rotatable bonds is 4. The molecule has 148 valence electrons. The quantitative estimate of drug-likeness (QED) is 0.826. The molecule has 2 aromatic rings. The highest BCUT2D eigenvalue weighted by molar-refractivity contribution is 5.76. The van der Waals surface area contributed by atoms with Gasteiger partial charge in [-0.05, 0) is 19.1 Å². The highest BCUT2D eigenvalue weighted by atomic mass is 19.4. The molecule has 0 aromatic carbocycles. The van der Waals surface area contributed by atoms with Gasteiger partial charge < -0.3 is 19.2 Å². The molecule has 0 fully saturated rings. The van der Waals surface area contributed by atoms with E-state index < -0.39 is 24.0 Å². The molecule has 0 bridgehead atoms. The fourth-order valence-corrected chi connectivity index (χ4v) is 2.77. The number of carbonyl (C=O) groups is 2. The summed E-state index contributed by atoms with van der Waals surface area (Å²) in [6.45, 7) is 4.48. The lowest BCUT2D eigenvalue weighted by atomic mass is 9.98. The van der Waals surface area contributed by atoms with E-state index in [9.17, 15) is 23.1 Å². The third-order valence-corrected chi connectivity index (χ3v) is 3.94. The van der Waals surface area contributed by atoms with Crippen LogP contribution in [0.2, 0.25) is 0 Å². The molecule has 0 saturated heterocycles. The molecule has 2 N–H and O–H groups in total. The summed E-state index contributed by atoms with van der Waals surface area (Å²) in [5.74, 6) is -3.25. The number of aromatic nitrogens is 2.